The maximum absolute atomic E-state index is 11.5. The van der Waals surface area contributed by atoms with Crippen LogP contribution in [0, 0.1) is 6.07 Å². The molecule has 13 heteroatoms. The summed E-state index contributed by atoms with van der Waals surface area (Å²) >= 11 is 0. The number of ketones is 1. The fourth-order valence-electron chi connectivity index (χ4n) is 2.32. The molecule has 0 fully saturated rings. The predicted octanol–water partition coefficient (Wildman–Crippen LogP) is -4.34. The number of anilines is 1. The van der Waals surface area contributed by atoms with E-state index in [4.69, 9.17) is 12.6 Å². The van der Waals surface area contributed by atoms with E-state index in [0.717, 1.165) is 11.6 Å². The largest absolute Gasteiger partial charge is 1.00 e. The Morgan fingerprint density at radius 3 is 2.09 bits per heavy atom. The van der Waals surface area contributed by atoms with Crippen LogP contribution in [-0.2, 0) is 36.7 Å². The number of amides is 1. The summed E-state index contributed by atoms with van der Waals surface area (Å²) < 4.78 is 59.9. The van der Waals surface area contributed by atoms with E-state index in [9.17, 15) is 22.6 Å². The van der Waals surface area contributed by atoms with Crippen LogP contribution in [-0.4, -0.2) is 37.3 Å². The third-order valence-electron chi connectivity index (χ3n) is 3.40. The van der Waals surface area contributed by atoms with Crippen LogP contribution in [0.15, 0.2) is 41.3 Å². The number of rotatable bonds is 6. The SMILES string of the molecule is CC(=O)Cc1c[c-]c(/C=C/c2ccc(NC(C)=O)cc2S(=O)(=O)[O-])cc1.O=S(=O)=O.[Na+].[Na+]. The van der Waals surface area contributed by atoms with E-state index in [0.29, 0.717) is 12.0 Å². The molecule has 2 rings (SSSR count). The zero-order valence-corrected chi connectivity index (χ0v) is 23.5. The predicted molar refractivity (Wildman–Crippen MR) is 107 cm³/mol. The molecule has 0 aliphatic rings. The van der Waals surface area contributed by atoms with Gasteiger partial charge in [0.05, 0.1) is 4.90 Å². The second kappa shape index (κ2) is 15.6. The summed E-state index contributed by atoms with van der Waals surface area (Å²) in [5.74, 6) is -0.325. The zero-order chi connectivity index (χ0) is 22.9. The van der Waals surface area contributed by atoms with Gasteiger partial charge in [0.2, 0.25) is 5.91 Å². The number of nitrogens with one attached hydrogen (secondary N) is 1. The molecule has 0 atom stereocenters. The fourth-order valence-corrected chi connectivity index (χ4v) is 3.02. The third-order valence-corrected chi connectivity index (χ3v) is 4.29. The first kappa shape index (κ1) is 33.0. The van der Waals surface area contributed by atoms with E-state index in [-0.39, 0.29) is 82.1 Å². The average molecular weight is 497 g/mol. The van der Waals surface area contributed by atoms with Gasteiger partial charge in [-0.3, -0.25) is 4.79 Å². The Labute approximate surface area is 232 Å². The van der Waals surface area contributed by atoms with Crippen LogP contribution in [0.5, 0.6) is 0 Å². The van der Waals surface area contributed by atoms with Crippen LogP contribution < -0.4 is 64.4 Å². The van der Waals surface area contributed by atoms with Gasteiger partial charge >= 0.3 is 69.7 Å². The molecule has 1 amide bonds. The minimum atomic E-state index is -4.72. The number of hydrogen-bond donors (Lipinski definition) is 1. The second-order valence-electron chi connectivity index (χ2n) is 5.96. The van der Waals surface area contributed by atoms with Gasteiger partial charge in [-0.25, -0.2) is 8.42 Å². The molecule has 2 aromatic carbocycles. The van der Waals surface area contributed by atoms with Crippen molar-refractivity contribution >= 4 is 50.3 Å². The molecule has 0 aliphatic heterocycles. The summed E-state index contributed by atoms with van der Waals surface area (Å²) in [7, 11) is -7.83. The number of Topliss-reactive ketones (excluding diaryl/α,β-unsaturated/α-hetero) is 1. The maximum Gasteiger partial charge on any atom is 1.00 e. The zero-order valence-electron chi connectivity index (χ0n) is 17.9. The Bertz CT molecular complexity index is 1170. The van der Waals surface area contributed by atoms with Crippen LogP contribution in [0.25, 0.3) is 12.2 Å². The van der Waals surface area contributed by atoms with Gasteiger partial charge in [-0.15, -0.1) is 48.5 Å². The summed E-state index contributed by atoms with van der Waals surface area (Å²) in [6.07, 6.45) is 3.42. The summed E-state index contributed by atoms with van der Waals surface area (Å²) in [5.41, 5.74) is 1.93. The molecule has 9 nitrogen and oxygen atoms in total. The topological polar surface area (TPSA) is 155 Å². The quantitative estimate of drug-likeness (QED) is 0.182. The summed E-state index contributed by atoms with van der Waals surface area (Å²) in [4.78, 5) is 21.8. The van der Waals surface area contributed by atoms with E-state index < -0.39 is 25.6 Å². The maximum atomic E-state index is 11.5. The molecule has 0 radical (unpaired) electrons. The van der Waals surface area contributed by atoms with Crippen molar-refractivity contribution in [3.05, 3.63) is 59.2 Å². The first-order chi connectivity index (χ1) is 13.9. The molecular weight excluding hydrogens is 480 g/mol. The molecule has 0 aromatic heterocycles. The summed E-state index contributed by atoms with van der Waals surface area (Å²) in [6.45, 7) is 2.79. The van der Waals surface area contributed by atoms with E-state index >= 15 is 0 Å². The van der Waals surface area contributed by atoms with Crippen LogP contribution >= 0.6 is 0 Å². The third kappa shape index (κ3) is 13.4. The van der Waals surface area contributed by atoms with Crippen LogP contribution in [0.3, 0.4) is 0 Å². The van der Waals surface area contributed by atoms with E-state index in [1.165, 1.54) is 32.1 Å². The van der Waals surface area contributed by atoms with Gasteiger partial charge < -0.3 is 14.7 Å². The molecule has 0 unspecified atom stereocenters. The number of carbonyl (C=O) groups is 2. The molecule has 160 valence electrons. The van der Waals surface area contributed by atoms with Crippen LogP contribution in [0.4, 0.5) is 5.69 Å². The number of carbonyl (C=O) groups excluding carboxylic acids is 2. The Morgan fingerprint density at radius 2 is 1.66 bits per heavy atom. The van der Waals surface area contributed by atoms with Crippen molar-refractivity contribution in [2.45, 2.75) is 25.2 Å². The molecular formula is C19H17NNa2O8S2. The molecule has 0 saturated heterocycles. The minimum Gasteiger partial charge on any atom is -0.744 e. The molecule has 0 heterocycles. The van der Waals surface area contributed by atoms with Crippen molar-refractivity contribution in [1.82, 2.24) is 0 Å². The monoisotopic (exact) mass is 497 g/mol. The van der Waals surface area contributed by atoms with Crippen molar-refractivity contribution < 1.29 is 94.3 Å². The standard InChI is InChI=1S/C19H18NO5S.2Na.O3S/c1-13(21)11-16-5-3-15(4-6-16)7-8-17-9-10-18(20-14(2)22)12-19(17)26(23,24)25;;;1-4(2)3/h3,5-10,12H,11H2,1-2H3,(H,20,22)(H,23,24,25);;;/q-1;2*+1;/p-1/b8-7+;;;. The Balaban J connectivity index is 0. The fraction of sp³-hybridized carbons (Fsp3) is 0.158. The first-order valence-electron chi connectivity index (χ1n) is 8.21. The molecule has 2 aromatic rings. The normalized spacial score (nSPS) is 10.1. The number of hydrogen-bond acceptors (Lipinski definition) is 8. The Morgan fingerprint density at radius 1 is 1.06 bits per heavy atom. The molecule has 0 saturated carbocycles. The molecule has 1 N–H and O–H groups in total. The van der Waals surface area contributed by atoms with Gasteiger partial charge in [0.1, 0.15) is 15.9 Å². The van der Waals surface area contributed by atoms with Gasteiger partial charge in [-0.1, -0.05) is 12.1 Å². The molecule has 0 bridgehead atoms. The van der Waals surface area contributed by atoms with Crippen molar-refractivity contribution in [1.29, 1.82) is 0 Å². The van der Waals surface area contributed by atoms with Crippen molar-refractivity contribution in [3.8, 4) is 0 Å². The molecule has 0 aliphatic carbocycles. The van der Waals surface area contributed by atoms with Crippen molar-refractivity contribution in [2.75, 3.05) is 5.32 Å². The van der Waals surface area contributed by atoms with E-state index in [2.05, 4.69) is 11.4 Å². The van der Waals surface area contributed by atoms with Gasteiger partial charge in [-0.05, 0) is 31.0 Å². The summed E-state index contributed by atoms with van der Waals surface area (Å²) in [6, 6.07) is 12.3. The van der Waals surface area contributed by atoms with E-state index in [1.807, 2.05) is 0 Å². The van der Waals surface area contributed by atoms with Gasteiger partial charge in [0, 0.05) is 12.6 Å². The van der Waals surface area contributed by atoms with Gasteiger partial charge in [0.15, 0.2) is 0 Å². The van der Waals surface area contributed by atoms with Crippen molar-refractivity contribution in [3.63, 3.8) is 0 Å². The van der Waals surface area contributed by atoms with Crippen molar-refractivity contribution in [2.24, 2.45) is 0 Å². The average Bonchev–Trinajstić information content (AvgIpc) is 2.59. The molecule has 0 spiro atoms. The first-order valence-corrected chi connectivity index (χ1v) is 10.6. The van der Waals surface area contributed by atoms with Crippen LogP contribution in [0.2, 0.25) is 0 Å². The molecule has 32 heavy (non-hydrogen) atoms. The Hall–Kier alpha value is -1.15. The number of benzene rings is 2. The minimum absolute atomic E-state index is 0. The van der Waals surface area contributed by atoms with Gasteiger partial charge in [-0.2, -0.15) is 5.56 Å². The second-order valence-corrected chi connectivity index (χ2v) is 7.71. The van der Waals surface area contributed by atoms with E-state index in [1.54, 1.807) is 24.3 Å². The summed E-state index contributed by atoms with van der Waals surface area (Å²) in [5, 5.41) is 2.44. The smallest absolute Gasteiger partial charge is 0.744 e. The Kier molecular flexibility index (Phi) is 16.1. The van der Waals surface area contributed by atoms with Gasteiger partial charge in [0.25, 0.3) is 0 Å². The van der Waals surface area contributed by atoms with Crippen LogP contribution in [0.1, 0.15) is 30.5 Å².